The van der Waals surface area contributed by atoms with Crippen LogP contribution in [-0.2, 0) is 4.74 Å². The first-order valence-corrected chi connectivity index (χ1v) is 4.87. The van der Waals surface area contributed by atoms with Crippen LogP contribution < -0.4 is 0 Å². The van der Waals surface area contributed by atoms with E-state index in [1.54, 1.807) is 4.90 Å². The van der Waals surface area contributed by atoms with Gasteiger partial charge in [-0.2, -0.15) is 5.26 Å². The molecule has 1 aliphatic heterocycles. The second-order valence-electron chi connectivity index (χ2n) is 3.37. The average molecular weight is 218 g/mol. The summed E-state index contributed by atoms with van der Waals surface area (Å²) in [4.78, 5) is 21.1. The third kappa shape index (κ3) is 2.15. The van der Waals surface area contributed by atoms with Crippen molar-refractivity contribution in [3.8, 4) is 6.07 Å². The van der Waals surface area contributed by atoms with Crippen LogP contribution in [-0.4, -0.2) is 46.6 Å². The van der Waals surface area contributed by atoms with E-state index in [-0.39, 0.29) is 5.91 Å². The molecule has 6 heteroatoms. The van der Waals surface area contributed by atoms with E-state index in [4.69, 9.17) is 10.00 Å². The Balaban J connectivity index is 2.08. The Morgan fingerprint density at radius 1 is 1.56 bits per heavy atom. The fraction of sp³-hybridized carbons (Fsp3) is 0.400. The van der Waals surface area contributed by atoms with Crippen LogP contribution in [0.2, 0.25) is 0 Å². The van der Waals surface area contributed by atoms with Crippen molar-refractivity contribution in [1.29, 1.82) is 5.26 Å². The molecular formula is C10H10N4O2. The summed E-state index contributed by atoms with van der Waals surface area (Å²) in [5.41, 5.74) is 0.432. The number of carbonyl (C=O) groups excluding carboxylic acids is 1. The number of hydrogen-bond acceptors (Lipinski definition) is 5. The Hall–Kier alpha value is -2.00. The Bertz CT molecular complexity index is 415. The lowest BCUT2D eigenvalue weighted by molar-refractivity contribution is 0.00343. The molecule has 0 radical (unpaired) electrons. The predicted octanol–water partition coefficient (Wildman–Crippen LogP) is -0.159. The zero-order chi connectivity index (χ0) is 11.4. The number of carbonyl (C=O) groups is 1. The van der Waals surface area contributed by atoms with E-state index in [1.807, 2.05) is 6.07 Å². The van der Waals surface area contributed by atoms with E-state index in [9.17, 15) is 4.79 Å². The quantitative estimate of drug-likeness (QED) is 0.654. The number of hydrogen-bond donors (Lipinski definition) is 0. The van der Waals surface area contributed by atoms with Crippen LogP contribution in [0.25, 0.3) is 0 Å². The Labute approximate surface area is 92.5 Å². The molecule has 2 rings (SSSR count). The van der Waals surface area contributed by atoms with Crippen LogP contribution in [0.1, 0.15) is 10.4 Å². The minimum atomic E-state index is -0.540. The van der Waals surface area contributed by atoms with Gasteiger partial charge in [0.2, 0.25) is 0 Å². The maximum atomic E-state index is 11.9. The summed E-state index contributed by atoms with van der Waals surface area (Å²) >= 11 is 0. The van der Waals surface area contributed by atoms with Crippen LogP contribution >= 0.6 is 0 Å². The summed E-state index contributed by atoms with van der Waals surface area (Å²) in [6, 6.07) is 1.99. The van der Waals surface area contributed by atoms with Crippen LogP contribution in [0.5, 0.6) is 0 Å². The van der Waals surface area contributed by atoms with Crippen LogP contribution in [0.15, 0.2) is 18.7 Å². The summed E-state index contributed by atoms with van der Waals surface area (Å²) in [6.45, 7) is 1.17. The molecule has 1 saturated heterocycles. The van der Waals surface area contributed by atoms with Gasteiger partial charge in [0.15, 0.2) is 6.10 Å². The van der Waals surface area contributed by atoms with Gasteiger partial charge in [-0.15, -0.1) is 0 Å². The zero-order valence-corrected chi connectivity index (χ0v) is 8.54. The Morgan fingerprint density at radius 2 is 2.31 bits per heavy atom. The molecule has 1 aliphatic rings. The number of ether oxygens (including phenoxy) is 1. The molecule has 0 aromatic carbocycles. The molecule has 1 unspecified atom stereocenters. The minimum Gasteiger partial charge on any atom is -0.360 e. The van der Waals surface area contributed by atoms with Crippen molar-refractivity contribution in [3.05, 3.63) is 24.3 Å². The predicted molar refractivity (Wildman–Crippen MR) is 53.3 cm³/mol. The molecule has 0 saturated carbocycles. The molecule has 1 fully saturated rings. The van der Waals surface area contributed by atoms with Crippen molar-refractivity contribution < 1.29 is 9.53 Å². The molecule has 1 amide bonds. The van der Waals surface area contributed by atoms with Crippen LogP contribution in [0.3, 0.4) is 0 Å². The minimum absolute atomic E-state index is 0.163. The van der Waals surface area contributed by atoms with Gasteiger partial charge in [-0.1, -0.05) is 0 Å². The van der Waals surface area contributed by atoms with Crippen molar-refractivity contribution >= 4 is 5.91 Å². The average Bonchev–Trinajstić information content (AvgIpc) is 2.39. The SMILES string of the molecule is N#CC1CN(C(=O)c2cncnc2)CCO1. The van der Waals surface area contributed by atoms with Crippen LogP contribution in [0, 0.1) is 11.3 Å². The maximum absolute atomic E-state index is 11.9. The van der Waals surface area contributed by atoms with Gasteiger partial charge in [-0.05, 0) is 0 Å². The van der Waals surface area contributed by atoms with Gasteiger partial charge in [0.05, 0.1) is 24.8 Å². The smallest absolute Gasteiger partial charge is 0.257 e. The molecule has 1 atom stereocenters. The Kier molecular flexibility index (Phi) is 3.08. The highest BCUT2D eigenvalue weighted by molar-refractivity contribution is 5.93. The molecule has 0 N–H and O–H groups in total. The van der Waals surface area contributed by atoms with Crippen molar-refractivity contribution in [2.75, 3.05) is 19.7 Å². The third-order valence-corrected chi connectivity index (χ3v) is 2.31. The number of morpholine rings is 1. The van der Waals surface area contributed by atoms with Gasteiger partial charge >= 0.3 is 0 Å². The molecule has 2 heterocycles. The standard InChI is InChI=1S/C10H10N4O2/c11-3-9-6-14(1-2-16-9)10(15)8-4-12-7-13-5-8/h4-5,7,9H,1-2,6H2. The molecule has 0 spiro atoms. The van der Waals surface area contributed by atoms with Crippen LogP contribution in [0.4, 0.5) is 0 Å². The van der Waals surface area contributed by atoms with E-state index in [0.29, 0.717) is 25.3 Å². The number of nitrogens with zero attached hydrogens (tertiary/aromatic N) is 4. The van der Waals surface area contributed by atoms with Gasteiger partial charge < -0.3 is 9.64 Å². The third-order valence-electron chi connectivity index (χ3n) is 2.31. The molecular weight excluding hydrogens is 208 g/mol. The highest BCUT2D eigenvalue weighted by Crippen LogP contribution is 2.08. The Morgan fingerprint density at radius 3 is 3.00 bits per heavy atom. The first-order chi connectivity index (χ1) is 7.81. The molecule has 1 aromatic heterocycles. The number of amides is 1. The first-order valence-electron chi connectivity index (χ1n) is 4.87. The van der Waals surface area contributed by atoms with E-state index >= 15 is 0 Å². The maximum Gasteiger partial charge on any atom is 0.257 e. The molecule has 6 nitrogen and oxygen atoms in total. The number of aromatic nitrogens is 2. The second-order valence-corrected chi connectivity index (χ2v) is 3.37. The first kappa shape index (κ1) is 10.5. The molecule has 16 heavy (non-hydrogen) atoms. The second kappa shape index (κ2) is 4.68. The summed E-state index contributed by atoms with van der Waals surface area (Å²) in [7, 11) is 0. The normalized spacial score (nSPS) is 20.2. The summed E-state index contributed by atoms with van der Waals surface area (Å²) in [6.07, 6.45) is 3.76. The topological polar surface area (TPSA) is 79.1 Å². The molecule has 0 aliphatic carbocycles. The molecule has 82 valence electrons. The van der Waals surface area contributed by atoms with Gasteiger partial charge in [0.25, 0.3) is 5.91 Å². The lowest BCUT2D eigenvalue weighted by atomic mass is 10.2. The largest absolute Gasteiger partial charge is 0.360 e. The highest BCUT2D eigenvalue weighted by atomic mass is 16.5. The van der Waals surface area contributed by atoms with E-state index < -0.39 is 6.10 Å². The zero-order valence-electron chi connectivity index (χ0n) is 8.54. The highest BCUT2D eigenvalue weighted by Gasteiger charge is 2.24. The summed E-state index contributed by atoms with van der Waals surface area (Å²) < 4.78 is 5.16. The van der Waals surface area contributed by atoms with Gasteiger partial charge in [-0.3, -0.25) is 4.79 Å². The summed E-state index contributed by atoms with van der Waals surface area (Å²) in [5, 5.41) is 8.72. The van der Waals surface area contributed by atoms with E-state index in [1.165, 1.54) is 18.7 Å². The van der Waals surface area contributed by atoms with Crippen molar-refractivity contribution in [2.24, 2.45) is 0 Å². The van der Waals surface area contributed by atoms with Gasteiger partial charge in [-0.25, -0.2) is 9.97 Å². The van der Waals surface area contributed by atoms with Crippen molar-refractivity contribution in [3.63, 3.8) is 0 Å². The number of nitriles is 1. The molecule has 1 aromatic rings. The van der Waals surface area contributed by atoms with Crippen molar-refractivity contribution in [2.45, 2.75) is 6.10 Å². The van der Waals surface area contributed by atoms with Gasteiger partial charge in [0.1, 0.15) is 6.33 Å². The monoisotopic (exact) mass is 218 g/mol. The molecule has 0 bridgehead atoms. The lowest BCUT2D eigenvalue weighted by Gasteiger charge is -2.29. The van der Waals surface area contributed by atoms with Gasteiger partial charge in [0, 0.05) is 18.9 Å². The fourth-order valence-electron chi connectivity index (χ4n) is 1.50. The number of rotatable bonds is 1. The van der Waals surface area contributed by atoms with E-state index in [2.05, 4.69) is 9.97 Å². The summed E-state index contributed by atoms with van der Waals surface area (Å²) in [5.74, 6) is -0.163. The fourth-order valence-corrected chi connectivity index (χ4v) is 1.50. The lowest BCUT2D eigenvalue weighted by Crippen LogP contribution is -2.45. The van der Waals surface area contributed by atoms with E-state index in [0.717, 1.165) is 0 Å². The van der Waals surface area contributed by atoms with Crippen molar-refractivity contribution in [1.82, 2.24) is 14.9 Å².